The Morgan fingerprint density at radius 2 is 2.12 bits per heavy atom. The quantitative estimate of drug-likeness (QED) is 0.542. The van der Waals surface area contributed by atoms with Crippen LogP contribution in [-0.4, -0.2) is 32.5 Å². The van der Waals surface area contributed by atoms with Gasteiger partial charge in [0.05, 0.1) is 11.6 Å². The van der Waals surface area contributed by atoms with Gasteiger partial charge in [-0.15, -0.1) is 10.2 Å². The number of rotatable bonds is 6. The molecule has 0 aromatic carbocycles. The number of hydrogen-bond acceptors (Lipinski definition) is 5. The molecule has 0 aliphatic heterocycles. The molecule has 0 aliphatic carbocycles. The minimum absolute atomic E-state index is 0.241. The van der Waals surface area contributed by atoms with Gasteiger partial charge in [0.25, 0.3) is 5.91 Å². The lowest BCUT2D eigenvalue weighted by molar-refractivity contribution is -0.605. The number of pyridine rings is 2. The van der Waals surface area contributed by atoms with Crippen LogP contribution in [0.5, 0.6) is 0 Å². The molecule has 1 atom stereocenters. The molecule has 0 fully saturated rings. The maximum atomic E-state index is 12.5. The Hall–Kier alpha value is -2.61. The second-order valence-corrected chi connectivity index (χ2v) is 6.23. The number of carbonyl (C=O) groups is 1. The topological polar surface area (TPSA) is 86.2 Å². The standard InChI is InChI=1S/C16H17N5O2S/c1-24-11-7-13(15-19-18-14-4-2-3-8-21(14)15)17-16(22)12-5-9-20(23)10-6-12/h2-6,8-10,13H,7,11H2,1H3,(H,17,22). The molecule has 3 heterocycles. The van der Waals surface area contributed by atoms with E-state index in [4.69, 9.17) is 0 Å². The second kappa shape index (κ2) is 7.31. The normalized spacial score (nSPS) is 12.2. The number of fused-ring (bicyclic) bond motifs is 1. The van der Waals surface area contributed by atoms with Gasteiger partial charge in [0.1, 0.15) is 0 Å². The molecule has 1 N–H and O–H groups in total. The summed E-state index contributed by atoms with van der Waals surface area (Å²) in [5, 5.41) is 22.5. The SMILES string of the molecule is CSCCC(NC(=O)c1cc[n+]([O-])cc1)c1nnc2ccccn12. The molecule has 24 heavy (non-hydrogen) atoms. The third-order valence-electron chi connectivity index (χ3n) is 3.63. The van der Waals surface area contributed by atoms with E-state index in [2.05, 4.69) is 15.5 Å². The Kier molecular flexibility index (Phi) is 4.95. The number of carbonyl (C=O) groups excluding carboxylic acids is 1. The van der Waals surface area contributed by atoms with Gasteiger partial charge in [-0.25, -0.2) is 0 Å². The lowest BCUT2D eigenvalue weighted by Crippen LogP contribution is -2.31. The molecular weight excluding hydrogens is 326 g/mol. The van der Waals surface area contributed by atoms with E-state index < -0.39 is 0 Å². The first-order valence-electron chi connectivity index (χ1n) is 7.47. The number of aromatic nitrogens is 4. The van der Waals surface area contributed by atoms with Crippen LogP contribution in [0.4, 0.5) is 0 Å². The minimum Gasteiger partial charge on any atom is -0.619 e. The highest BCUT2D eigenvalue weighted by atomic mass is 32.2. The van der Waals surface area contributed by atoms with E-state index in [1.807, 2.05) is 35.1 Å². The van der Waals surface area contributed by atoms with Crippen molar-refractivity contribution in [2.24, 2.45) is 0 Å². The highest BCUT2D eigenvalue weighted by Crippen LogP contribution is 2.18. The number of hydrogen-bond donors (Lipinski definition) is 1. The lowest BCUT2D eigenvalue weighted by atomic mass is 10.1. The summed E-state index contributed by atoms with van der Waals surface area (Å²) in [7, 11) is 0. The van der Waals surface area contributed by atoms with E-state index in [9.17, 15) is 10.0 Å². The summed E-state index contributed by atoms with van der Waals surface area (Å²) in [5.74, 6) is 1.33. The predicted octanol–water partition coefficient (Wildman–Crippen LogP) is 1.59. The van der Waals surface area contributed by atoms with Crippen LogP contribution in [0, 0.1) is 5.21 Å². The molecule has 3 rings (SSSR count). The Balaban J connectivity index is 1.86. The van der Waals surface area contributed by atoms with Crippen molar-refractivity contribution in [2.75, 3.05) is 12.0 Å². The van der Waals surface area contributed by atoms with Gasteiger partial charge in [-0.05, 0) is 30.6 Å². The molecular formula is C16H17N5O2S. The summed E-state index contributed by atoms with van der Waals surface area (Å²) in [5.41, 5.74) is 1.17. The third-order valence-corrected chi connectivity index (χ3v) is 4.28. The van der Waals surface area contributed by atoms with E-state index in [-0.39, 0.29) is 11.9 Å². The van der Waals surface area contributed by atoms with E-state index in [0.717, 1.165) is 17.8 Å². The number of nitrogens with zero attached hydrogens (tertiary/aromatic N) is 4. The van der Waals surface area contributed by atoms with Crippen molar-refractivity contribution in [3.63, 3.8) is 0 Å². The van der Waals surface area contributed by atoms with E-state index >= 15 is 0 Å². The van der Waals surface area contributed by atoms with Crippen LogP contribution in [0.2, 0.25) is 0 Å². The minimum atomic E-state index is -0.262. The molecule has 0 bridgehead atoms. The molecule has 0 radical (unpaired) electrons. The van der Waals surface area contributed by atoms with Crippen LogP contribution < -0.4 is 10.0 Å². The molecule has 124 valence electrons. The Morgan fingerprint density at radius 1 is 1.33 bits per heavy atom. The van der Waals surface area contributed by atoms with Crippen LogP contribution in [0.3, 0.4) is 0 Å². The van der Waals surface area contributed by atoms with Crippen molar-refractivity contribution in [1.29, 1.82) is 0 Å². The Morgan fingerprint density at radius 3 is 2.88 bits per heavy atom. The molecule has 8 heteroatoms. The summed E-state index contributed by atoms with van der Waals surface area (Å²) >= 11 is 1.70. The monoisotopic (exact) mass is 343 g/mol. The zero-order chi connectivity index (χ0) is 16.9. The van der Waals surface area contributed by atoms with Gasteiger partial charge in [-0.2, -0.15) is 16.5 Å². The third kappa shape index (κ3) is 3.48. The molecule has 0 aliphatic rings. The predicted molar refractivity (Wildman–Crippen MR) is 91.6 cm³/mol. The highest BCUT2D eigenvalue weighted by molar-refractivity contribution is 7.98. The van der Waals surface area contributed by atoms with Crippen molar-refractivity contribution < 1.29 is 9.52 Å². The molecule has 7 nitrogen and oxygen atoms in total. The number of thioether (sulfide) groups is 1. The van der Waals surface area contributed by atoms with Gasteiger partial charge < -0.3 is 10.5 Å². The lowest BCUT2D eigenvalue weighted by Gasteiger charge is -2.17. The average molecular weight is 343 g/mol. The summed E-state index contributed by atoms with van der Waals surface area (Å²) in [6.07, 6.45) is 7.24. The van der Waals surface area contributed by atoms with Crippen LogP contribution in [0.15, 0.2) is 48.9 Å². The van der Waals surface area contributed by atoms with Crippen LogP contribution in [0.25, 0.3) is 5.65 Å². The fraction of sp³-hybridized carbons (Fsp3) is 0.250. The second-order valence-electron chi connectivity index (χ2n) is 5.24. The Labute approximate surface area is 143 Å². The van der Waals surface area contributed by atoms with Crippen LogP contribution in [-0.2, 0) is 0 Å². The summed E-state index contributed by atoms with van der Waals surface area (Å²) in [6, 6.07) is 8.39. The number of amides is 1. The van der Waals surface area contributed by atoms with Gasteiger partial charge in [-0.1, -0.05) is 6.07 Å². The number of nitrogens with one attached hydrogen (secondary N) is 1. The first-order chi connectivity index (χ1) is 11.7. The van der Waals surface area contributed by atoms with Crippen molar-refractivity contribution in [3.05, 3.63) is 65.5 Å². The first-order valence-corrected chi connectivity index (χ1v) is 8.86. The maximum absolute atomic E-state index is 12.5. The summed E-state index contributed by atoms with van der Waals surface area (Å²) in [6.45, 7) is 0. The summed E-state index contributed by atoms with van der Waals surface area (Å²) < 4.78 is 2.52. The largest absolute Gasteiger partial charge is 0.619 e. The van der Waals surface area contributed by atoms with E-state index in [1.165, 1.54) is 24.5 Å². The van der Waals surface area contributed by atoms with E-state index in [1.54, 1.807) is 11.8 Å². The van der Waals surface area contributed by atoms with E-state index in [0.29, 0.717) is 16.1 Å². The van der Waals surface area contributed by atoms with Gasteiger partial charge in [-0.3, -0.25) is 9.20 Å². The zero-order valence-corrected chi connectivity index (χ0v) is 13.9. The van der Waals surface area contributed by atoms with Gasteiger partial charge in [0, 0.05) is 18.3 Å². The van der Waals surface area contributed by atoms with Crippen LogP contribution >= 0.6 is 11.8 Å². The van der Waals surface area contributed by atoms with Gasteiger partial charge in [0.2, 0.25) is 0 Å². The maximum Gasteiger partial charge on any atom is 0.252 e. The molecule has 1 amide bonds. The van der Waals surface area contributed by atoms with Gasteiger partial charge >= 0.3 is 0 Å². The summed E-state index contributed by atoms with van der Waals surface area (Å²) in [4.78, 5) is 12.5. The Bertz CT molecular complexity index is 834. The zero-order valence-electron chi connectivity index (χ0n) is 13.1. The smallest absolute Gasteiger partial charge is 0.252 e. The fourth-order valence-corrected chi connectivity index (χ4v) is 2.88. The van der Waals surface area contributed by atoms with Gasteiger partial charge in [0.15, 0.2) is 23.9 Å². The molecule has 0 spiro atoms. The highest BCUT2D eigenvalue weighted by Gasteiger charge is 2.21. The molecule has 1 unspecified atom stereocenters. The molecule has 3 aromatic rings. The average Bonchev–Trinajstić information content (AvgIpc) is 3.03. The fourth-order valence-electron chi connectivity index (χ4n) is 2.40. The molecule has 0 saturated carbocycles. The van der Waals surface area contributed by atoms with Crippen LogP contribution in [0.1, 0.15) is 28.6 Å². The van der Waals surface area contributed by atoms with Crippen molar-refractivity contribution >= 4 is 23.3 Å². The first kappa shape index (κ1) is 16.3. The van der Waals surface area contributed by atoms with Crippen molar-refractivity contribution in [3.8, 4) is 0 Å². The van der Waals surface area contributed by atoms with Crippen molar-refractivity contribution in [2.45, 2.75) is 12.5 Å². The van der Waals surface area contributed by atoms with Crippen molar-refractivity contribution in [1.82, 2.24) is 19.9 Å². The molecule has 0 saturated heterocycles. The molecule has 3 aromatic heterocycles.